The molecule has 1 aliphatic rings. The van der Waals surface area contributed by atoms with E-state index in [1.165, 1.54) is 13.8 Å². The molecule has 6 nitrogen and oxygen atoms in total. The van der Waals surface area contributed by atoms with Crippen molar-refractivity contribution >= 4 is 23.5 Å². The van der Waals surface area contributed by atoms with Crippen molar-refractivity contribution in [1.29, 1.82) is 0 Å². The molecule has 2 rings (SSSR count). The maximum Gasteiger partial charge on any atom is 0.411 e. The van der Waals surface area contributed by atoms with Crippen LogP contribution in [-0.4, -0.2) is 30.1 Å². The predicted octanol–water partition coefficient (Wildman–Crippen LogP) is 3.87. The van der Waals surface area contributed by atoms with Gasteiger partial charge in [-0.05, 0) is 56.5 Å². The summed E-state index contributed by atoms with van der Waals surface area (Å²) in [4.78, 5) is 34.3. The molecule has 1 aromatic carbocycles. The molecule has 1 aromatic rings. The zero-order valence-electron chi connectivity index (χ0n) is 14.5. The quantitative estimate of drug-likeness (QED) is 0.509. The number of rotatable bonds is 4. The molecule has 0 aliphatic heterocycles. The van der Waals surface area contributed by atoms with Gasteiger partial charge in [-0.3, -0.25) is 14.9 Å². The van der Waals surface area contributed by atoms with Crippen molar-refractivity contribution in [2.75, 3.05) is 5.32 Å². The minimum absolute atomic E-state index is 0.0255. The minimum atomic E-state index is -0.522. The molecule has 0 bridgehead atoms. The van der Waals surface area contributed by atoms with Gasteiger partial charge >= 0.3 is 12.1 Å². The van der Waals surface area contributed by atoms with Crippen molar-refractivity contribution in [3.8, 4) is 0 Å². The molecular formula is C19H23NO5. The number of anilines is 1. The molecule has 2 unspecified atom stereocenters. The molecule has 25 heavy (non-hydrogen) atoms. The molecule has 1 amide bonds. The number of carbonyl (C=O) groups excluding carboxylic acids is 3. The van der Waals surface area contributed by atoms with E-state index in [0.29, 0.717) is 30.5 Å². The molecule has 0 spiro atoms. The molecule has 0 radical (unpaired) electrons. The number of carbonyl (C=O) groups is 3. The third-order valence-electron chi connectivity index (χ3n) is 3.89. The van der Waals surface area contributed by atoms with Gasteiger partial charge in [-0.1, -0.05) is 6.08 Å². The van der Waals surface area contributed by atoms with E-state index in [4.69, 9.17) is 9.47 Å². The first kappa shape index (κ1) is 18.7. The second-order valence-corrected chi connectivity index (χ2v) is 6.03. The SMILES string of the molecule is CC(=O)OC1/C=C/CC(OC(=O)Nc2ccc(C(C)=O)cc2)CCC1. The van der Waals surface area contributed by atoms with Crippen LogP contribution >= 0.6 is 0 Å². The van der Waals surface area contributed by atoms with E-state index in [2.05, 4.69) is 5.32 Å². The second-order valence-electron chi connectivity index (χ2n) is 6.03. The molecule has 2 atom stereocenters. The zero-order valence-corrected chi connectivity index (χ0v) is 14.5. The Hall–Kier alpha value is -2.63. The molecular weight excluding hydrogens is 322 g/mol. The van der Waals surface area contributed by atoms with Crippen molar-refractivity contribution < 1.29 is 23.9 Å². The summed E-state index contributed by atoms with van der Waals surface area (Å²) >= 11 is 0. The molecule has 0 heterocycles. The third-order valence-corrected chi connectivity index (χ3v) is 3.89. The topological polar surface area (TPSA) is 81.7 Å². The van der Waals surface area contributed by atoms with Crippen LogP contribution in [-0.2, 0) is 14.3 Å². The molecule has 0 saturated heterocycles. The molecule has 1 aliphatic carbocycles. The van der Waals surface area contributed by atoms with Crippen molar-refractivity contribution in [2.45, 2.75) is 51.7 Å². The van der Waals surface area contributed by atoms with Gasteiger partial charge < -0.3 is 9.47 Å². The fourth-order valence-corrected chi connectivity index (χ4v) is 2.65. The zero-order chi connectivity index (χ0) is 18.2. The number of nitrogens with one attached hydrogen (secondary N) is 1. The lowest BCUT2D eigenvalue weighted by atomic mass is 10.0. The summed E-state index contributed by atoms with van der Waals surface area (Å²) in [5.74, 6) is -0.319. The molecule has 0 fully saturated rings. The van der Waals surface area contributed by atoms with Crippen LogP contribution in [0.15, 0.2) is 36.4 Å². The van der Waals surface area contributed by atoms with Crippen LogP contribution in [0.5, 0.6) is 0 Å². The first-order chi connectivity index (χ1) is 11.9. The van der Waals surface area contributed by atoms with Crippen LogP contribution in [0, 0.1) is 0 Å². The Kier molecular flexibility index (Phi) is 6.74. The molecule has 134 valence electrons. The highest BCUT2D eigenvalue weighted by Gasteiger charge is 2.18. The summed E-state index contributed by atoms with van der Waals surface area (Å²) in [6.07, 6.45) is 5.58. The summed E-state index contributed by atoms with van der Waals surface area (Å²) < 4.78 is 10.6. The molecule has 6 heteroatoms. The van der Waals surface area contributed by atoms with E-state index in [1.807, 2.05) is 12.2 Å². The van der Waals surface area contributed by atoms with Crippen LogP contribution in [0.3, 0.4) is 0 Å². The van der Waals surface area contributed by atoms with Crippen molar-refractivity contribution in [2.24, 2.45) is 0 Å². The van der Waals surface area contributed by atoms with Gasteiger partial charge in [-0.15, -0.1) is 0 Å². The summed E-state index contributed by atoms with van der Waals surface area (Å²) in [5, 5.41) is 2.66. The van der Waals surface area contributed by atoms with E-state index < -0.39 is 6.09 Å². The number of esters is 1. The van der Waals surface area contributed by atoms with E-state index in [9.17, 15) is 14.4 Å². The van der Waals surface area contributed by atoms with Gasteiger partial charge in [0.25, 0.3) is 0 Å². The van der Waals surface area contributed by atoms with Crippen molar-refractivity contribution in [3.05, 3.63) is 42.0 Å². The molecule has 0 saturated carbocycles. The van der Waals surface area contributed by atoms with E-state index in [-0.39, 0.29) is 24.0 Å². The first-order valence-corrected chi connectivity index (χ1v) is 8.36. The summed E-state index contributed by atoms with van der Waals surface area (Å²) in [5.41, 5.74) is 1.16. The maximum atomic E-state index is 12.0. The second kappa shape index (κ2) is 9.01. The highest BCUT2D eigenvalue weighted by molar-refractivity contribution is 5.94. The monoisotopic (exact) mass is 345 g/mol. The maximum absolute atomic E-state index is 12.0. The predicted molar refractivity (Wildman–Crippen MR) is 93.5 cm³/mol. The van der Waals surface area contributed by atoms with Crippen molar-refractivity contribution in [3.63, 3.8) is 0 Å². The number of ether oxygens (including phenoxy) is 2. The summed E-state index contributed by atoms with van der Waals surface area (Å²) in [7, 11) is 0. The Morgan fingerprint density at radius 3 is 2.40 bits per heavy atom. The Bertz CT molecular complexity index is 650. The van der Waals surface area contributed by atoms with Crippen LogP contribution in [0.4, 0.5) is 10.5 Å². The fraction of sp³-hybridized carbons (Fsp3) is 0.421. The number of amides is 1. The number of ketones is 1. The van der Waals surface area contributed by atoms with Gasteiger partial charge in [0.1, 0.15) is 12.2 Å². The Labute approximate surface area is 147 Å². The Morgan fingerprint density at radius 1 is 1.04 bits per heavy atom. The largest absolute Gasteiger partial charge is 0.458 e. The average molecular weight is 345 g/mol. The lowest BCUT2D eigenvalue weighted by molar-refractivity contribution is -0.144. The van der Waals surface area contributed by atoms with Crippen LogP contribution in [0.1, 0.15) is 49.9 Å². The first-order valence-electron chi connectivity index (χ1n) is 8.36. The van der Waals surface area contributed by atoms with E-state index in [0.717, 1.165) is 6.42 Å². The lowest BCUT2D eigenvalue weighted by Crippen LogP contribution is -2.24. The normalized spacial score (nSPS) is 21.4. The summed E-state index contributed by atoms with van der Waals surface area (Å²) in [6.45, 7) is 2.89. The lowest BCUT2D eigenvalue weighted by Gasteiger charge is -2.21. The average Bonchev–Trinajstić information content (AvgIpc) is 2.52. The number of hydrogen-bond acceptors (Lipinski definition) is 5. The fourth-order valence-electron chi connectivity index (χ4n) is 2.65. The highest BCUT2D eigenvalue weighted by atomic mass is 16.6. The molecule has 0 aromatic heterocycles. The Morgan fingerprint density at radius 2 is 1.76 bits per heavy atom. The number of Topliss-reactive ketones (excluding diaryl/α,β-unsaturated/α-hetero) is 1. The third kappa shape index (κ3) is 6.41. The molecule has 1 N–H and O–H groups in total. The number of benzene rings is 1. The van der Waals surface area contributed by atoms with Gasteiger partial charge in [-0.2, -0.15) is 0 Å². The number of hydrogen-bond donors (Lipinski definition) is 1. The smallest absolute Gasteiger partial charge is 0.411 e. The van der Waals surface area contributed by atoms with Gasteiger partial charge in [0.2, 0.25) is 0 Å². The highest BCUT2D eigenvalue weighted by Crippen LogP contribution is 2.18. The Balaban J connectivity index is 1.84. The van der Waals surface area contributed by atoms with E-state index >= 15 is 0 Å². The van der Waals surface area contributed by atoms with Gasteiger partial charge in [-0.25, -0.2) is 4.79 Å². The van der Waals surface area contributed by atoms with Crippen LogP contribution in [0.25, 0.3) is 0 Å². The van der Waals surface area contributed by atoms with Gasteiger partial charge in [0.05, 0.1) is 0 Å². The summed E-state index contributed by atoms with van der Waals surface area (Å²) in [6, 6.07) is 6.65. The van der Waals surface area contributed by atoms with Gasteiger partial charge in [0, 0.05) is 24.6 Å². The van der Waals surface area contributed by atoms with Crippen molar-refractivity contribution in [1.82, 2.24) is 0 Å². The minimum Gasteiger partial charge on any atom is -0.458 e. The van der Waals surface area contributed by atoms with Crippen LogP contribution in [0.2, 0.25) is 0 Å². The standard InChI is InChI=1S/C19H23NO5/c1-13(21)15-9-11-16(12-10-15)20-19(23)25-18-7-3-5-17(6-4-8-18)24-14(2)22/h3,5,9-12,17-18H,4,6-8H2,1-2H3,(H,20,23)/b5-3+. The van der Waals surface area contributed by atoms with E-state index in [1.54, 1.807) is 24.3 Å². The van der Waals surface area contributed by atoms with Gasteiger partial charge in [0.15, 0.2) is 5.78 Å². The van der Waals surface area contributed by atoms with Crippen LogP contribution < -0.4 is 5.32 Å².